The summed E-state index contributed by atoms with van der Waals surface area (Å²) in [6, 6.07) is 6.64. The van der Waals surface area contributed by atoms with Crippen LogP contribution in [0.25, 0.3) is 0 Å². The van der Waals surface area contributed by atoms with Gasteiger partial charge < -0.3 is 5.32 Å². The van der Waals surface area contributed by atoms with E-state index >= 15 is 0 Å². The van der Waals surface area contributed by atoms with E-state index < -0.39 is 0 Å². The number of rotatable bonds is 6. The molecule has 7 heteroatoms. The quantitative estimate of drug-likeness (QED) is 0.874. The molecule has 0 bridgehead atoms. The SMILES string of the molecule is O=C(Cn1ccnn1)NCC(c1ccccc1F)N1CCCC1. The molecule has 1 aliphatic rings. The number of benzene rings is 1. The molecule has 1 unspecified atom stereocenters. The lowest BCUT2D eigenvalue weighted by Crippen LogP contribution is -2.38. The minimum atomic E-state index is -0.227. The van der Waals surface area contributed by atoms with Crippen LogP contribution in [-0.4, -0.2) is 45.4 Å². The fraction of sp³-hybridized carbons (Fsp3) is 0.438. The lowest BCUT2D eigenvalue weighted by Gasteiger charge is -2.28. The van der Waals surface area contributed by atoms with Crippen LogP contribution in [0.1, 0.15) is 24.4 Å². The smallest absolute Gasteiger partial charge is 0.241 e. The van der Waals surface area contributed by atoms with Crippen LogP contribution < -0.4 is 5.32 Å². The molecule has 0 aliphatic carbocycles. The van der Waals surface area contributed by atoms with Crippen LogP contribution in [0.2, 0.25) is 0 Å². The van der Waals surface area contributed by atoms with Crippen molar-refractivity contribution in [2.24, 2.45) is 0 Å². The molecule has 1 N–H and O–H groups in total. The fourth-order valence-corrected chi connectivity index (χ4v) is 2.96. The number of carbonyl (C=O) groups excluding carboxylic acids is 1. The molecule has 1 amide bonds. The van der Waals surface area contributed by atoms with Crippen LogP contribution >= 0.6 is 0 Å². The zero-order valence-electron chi connectivity index (χ0n) is 12.9. The minimum Gasteiger partial charge on any atom is -0.353 e. The van der Waals surface area contributed by atoms with Crippen molar-refractivity contribution in [1.29, 1.82) is 0 Å². The van der Waals surface area contributed by atoms with E-state index in [-0.39, 0.29) is 24.3 Å². The molecule has 23 heavy (non-hydrogen) atoms. The Morgan fingerprint density at radius 2 is 2.09 bits per heavy atom. The first-order chi connectivity index (χ1) is 11.2. The van der Waals surface area contributed by atoms with E-state index in [1.807, 2.05) is 6.07 Å². The van der Waals surface area contributed by atoms with E-state index in [0.29, 0.717) is 12.1 Å². The normalized spacial score (nSPS) is 16.4. The maximum Gasteiger partial charge on any atom is 0.241 e. The second-order valence-corrected chi connectivity index (χ2v) is 5.69. The van der Waals surface area contributed by atoms with Crippen molar-refractivity contribution in [3.05, 3.63) is 48.0 Å². The molecule has 1 aliphatic heterocycles. The van der Waals surface area contributed by atoms with Gasteiger partial charge in [0.2, 0.25) is 5.91 Å². The first-order valence-corrected chi connectivity index (χ1v) is 7.83. The van der Waals surface area contributed by atoms with E-state index in [9.17, 15) is 9.18 Å². The third-order valence-electron chi connectivity index (χ3n) is 4.12. The Morgan fingerprint density at radius 3 is 2.78 bits per heavy atom. The molecule has 0 saturated carbocycles. The van der Waals surface area contributed by atoms with Crippen molar-refractivity contribution < 1.29 is 9.18 Å². The molecule has 1 saturated heterocycles. The van der Waals surface area contributed by atoms with Crippen molar-refractivity contribution in [2.45, 2.75) is 25.4 Å². The minimum absolute atomic E-state index is 0.115. The molecule has 1 aromatic carbocycles. The number of aromatic nitrogens is 3. The lowest BCUT2D eigenvalue weighted by molar-refractivity contribution is -0.122. The number of amides is 1. The van der Waals surface area contributed by atoms with Gasteiger partial charge in [0.25, 0.3) is 0 Å². The van der Waals surface area contributed by atoms with E-state index in [2.05, 4.69) is 20.5 Å². The Kier molecular flexibility index (Phi) is 4.97. The van der Waals surface area contributed by atoms with Crippen molar-refractivity contribution in [2.75, 3.05) is 19.6 Å². The number of halogens is 1. The van der Waals surface area contributed by atoms with Gasteiger partial charge in [-0.2, -0.15) is 0 Å². The number of likely N-dealkylation sites (tertiary alicyclic amines) is 1. The van der Waals surface area contributed by atoms with Gasteiger partial charge in [-0.15, -0.1) is 5.10 Å². The van der Waals surface area contributed by atoms with E-state index in [0.717, 1.165) is 25.9 Å². The number of hydrogen-bond acceptors (Lipinski definition) is 4. The first-order valence-electron chi connectivity index (χ1n) is 7.83. The highest BCUT2D eigenvalue weighted by Crippen LogP contribution is 2.26. The van der Waals surface area contributed by atoms with Gasteiger partial charge in [-0.05, 0) is 32.0 Å². The van der Waals surface area contributed by atoms with Crippen LogP contribution in [0.5, 0.6) is 0 Å². The van der Waals surface area contributed by atoms with Crippen LogP contribution in [-0.2, 0) is 11.3 Å². The van der Waals surface area contributed by atoms with E-state index in [1.165, 1.54) is 16.9 Å². The Labute approximate surface area is 134 Å². The zero-order chi connectivity index (χ0) is 16.1. The summed E-state index contributed by atoms with van der Waals surface area (Å²) in [4.78, 5) is 14.3. The molecule has 0 radical (unpaired) electrons. The average molecular weight is 317 g/mol. The highest BCUT2D eigenvalue weighted by atomic mass is 19.1. The van der Waals surface area contributed by atoms with Gasteiger partial charge in [0, 0.05) is 18.3 Å². The van der Waals surface area contributed by atoms with Crippen LogP contribution in [0, 0.1) is 5.82 Å². The second-order valence-electron chi connectivity index (χ2n) is 5.69. The molecule has 2 aromatic rings. The van der Waals surface area contributed by atoms with Crippen molar-refractivity contribution in [3.63, 3.8) is 0 Å². The Hall–Kier alpha value is -2.28. The number of nitrogens with one attached hydrogen (secondary N) is 1. The summed E-state index contributed by atoms with van der Waals surface area (Å²) < 4.78 is 15.6. The second kappa shape index (κ2) is 7.32. The van der Waals surface area contributed by atoms with Crippen LogP contribution in [0.3, 0.4) is 0 Å². The highest BCUT2D eigenvalue weighted by Gasteiger charge is 2.25. The fourth-order valence-electron chi connectivity index (χ4n) is 2.96. The van der Waals surface area contributed by atoms with Gasteiger partial charge in [-0.3, -0.25) is 9.69 Å². The maximum absolute atomic E-state index is 14.2. The number of carbonyl (C=O) groups is 1. The summed E-state index contributed by atoms with van der Waals surface area (Å²) in [6.07, 6.45) is 5.38. The zero-order valence-corrected chi connectivity index (χ0v) is 12.9. The maximum atomic E-state index is 14.2. The molecular weight excluding hydrogens is 297 g/mol. The van der Waals surface area contributed by atoms with Gasteiger partial charge in [0.15, 0.2) is 0 Å². The van der Waals surface area contributed by atoms with Gasteiger partial charge in [0.1, 0.15) is 12.4 Å². The molecule has 1 atom stereocenters. The van der Waals surface area contributed by atoms with Gasteiger partial charge in [-0.25, -0.2) is 9.07 Å². The highest BCUT2D eigenvalue weighted by molar-refractivity contribution is 5.75. The number of nitrogens with zero attached hydrogens (tertiary/aromatic N) is 4. The van der Waals surface area contributed by atoms with E-state index in [1.54, 1.807) is 18.3 Å². The third-order valence-corrected chi connectivity index (χ3v) is 4.12. The molecular formula is C16H20FN5O. The molecule has 1 aromatic heterocycles. The Morgan fingerprint density at radius 1 is 1.30 bits per heavy atom. The van der Waals surface area contributed by atoms with Crippen molar-refractivity contribution in [1.82, 2.24) is 25.2 Å². The summed E-state index contributed by atoms with van der Waals surface area (Å²) in [7, 11) is 0. The summed E-state index contributed by atoms with van der Waals surface area (Å²) in [6.45, 7) is 2.36. The van der Waals surface area contributed by atoms with Gasteiger partial charge in [-0.1, -0.05) is 23.4 Å². The predicted octanol–water partition coefficient (Wildman–Crippen LogP) is 1.37. The molecule has 2 heterocycles. The lowest BCUT2D eigenvalue weighted by atomic mass is 10.0. The summed E-state index contributed by atoms with van der Waals surface area (Å²) >= 11 is 0. The first kappa shape index (κ1) is 15.6. The molecule has 0 spiro atoms. The van der Waals surface area contributed by atoms with Crippen molar-refractivity contribution in [3.8, 4) is 0 Å². The van der Waals surface area contributed by atoms with Crippen LogP contribution in [0.15, 0.2) is 36.7 Å². The predicted molar refractivity (Wildman–Crippen MR) is 83.0 cm³/mol. The number of hydrogen-bond donors (Lipinski definition) is 1. The van der Waals surface area contributed by atoms with Gasteiger partial charge in [0.05, 0.1) is 12.2 Å². The molecule has 122 valence electrons. The standard InChI is InChI=1S/C16H20FN5O/c17-14-6-2-1-5-13(14)15(21-8-3-4-9-21)11-18-16(23)12-22-10-7-19-20-22/h1-2,5-7,10,15H,3-4,8-9,11-12H2,(H,18,23). The summed E-state index contributed by atoms with van der Waals surface area (Å²) in [5.74, 6) is -0.383. The monoisotopic (exact) mass is 317 g/mol. The van der Waals surface area contributed by atoms with Gasteiger partial charge >= 0.3 is 0 Å². The Balaban J connectivity index is 1.66. The summed E-state index contributed by atoms with van der Waals surface area (Å²) in [5.41, 5.74) is 0.635. The van der Waals surface area contributed by atoms with E-state index in [4.69, 9.17) is 0 Å². The topological polar surface area (TPSA) is 63.1 Å². The molecule has 1 fully saturated rings. The molecule has 3 rings (SSSR count). The third kappa shape index (κ3) is 3.92. The van der Waals surface area contributed by atoms with Crippen molar-refractivity contribution >= 4 is 5.91 Å². The summed E-state index contributed by atoms with van der Waals surface area (Å²) in [5, 5.41) is 10.3. The molecule has 6 nitrogen and oxygen atoms in total. The largest absolute Gasteiger partial charge is 0.353 e. The van der Waals surface area contributed by atoms with Crippen LogP contribution in [0.4, 0.5) is 4.39 Å². The Bertz CT molecular complexity index is 640. The average Bonchev–Trinajstić information content (AvgIpc) is 3.23.